The number of aromatic nitrogens is 2. The van der Waals surface area contributed by atoms with Gasteiger partial charge in [-0.1, -0.05) is 30.3 Å². The summed E-state index contributed by atoms with van der Waals surface area (Å²) in [7, 11) is -3.69. The Labute approximate surface area is 216 Å². The molecule has 2 aromatic carbocycles. The van der Waals surface area contributed by atoms with Crippen LogP contribution in [0.15, 0.2) is 84.1 Å². The number of nitrogens with zero attached hydrogens (tertiary/aromatic N) is 2. The van der Waals surface area contributed by atoms with Crippen LogP contribution in [-0.2, 0) is 16.6 Å². The molecule has 0 aliphatic carbocycles. The van der Waals surface area contributed by atoms with Gasteiger partial charge in [-0.25, -0.2) is 13.4 Å². The molecule has 0 fully saturated rings. The van der Waals surface area contributed by atoms with E-state index in [1.165, 1.54) is 9.75 Å². The van der Waals surface area contributed by atoms with Crippen LogP contribution < -0.4 is 10.0 Å². The lowest BCUT2D eigenvalue weighted by molar-refractivity contribution is 0.158. The van der Waals surface area contributed by atoms with E-state index in [4.69, 9.17) is 0 Å². The Morgan fingerprint density at radius 3 is 2.58 bits per heavy atom. The molecule has 0 saturated carbocycles. The van der Waals surface area contributed by atoms with Crippen molar-refractivity contribution in [2.75, 3.05) is 11.3 Å². The quantitative estimate of drug-likeness (QED) is 0.250. The highest BCUT2D eigenvalue weighted by Crippen LogP contribution is 2.26. The molecular formula is C27H32N4O3S2. The molecule has 3 N–H and O–H groups in total. The van der Waals surface area contributed by atoms with Crippen molar-refractivity contribution in [1.29, 1.82) is 0 Å². The number of rotatable bonds is 11. The lowest BCUT2D eigenvalue weighted by Gasteiger charge is -2.28. The van der Waals surface area contributed by atoms with E-state index in [0.29, 0.717) is 17.8 Å². The average Bonchev–Trinajstić information content (AvgIpc) is 3.51. The number of hydrogen-bond acceptors (Lipinski definition) is 6. The van der Waals surface area contributed by atoms with Crippen molar-refractivity contribution in [3.63, 3.8) is 0 Å². The number of imidazole rings is 1. The maximum Gasteiger partial charge on any atom is 0.261 e. The Bertz CT molecular complexity index is 1400. The number of nitrogens with one attached hydrogen (secondary N) is 2. The number of hydrogen-bond donors (Lipinski definition) is 3. The first-order chi connectivity index (χ1) is 17.1. The van der Waals surface area contributed by atoms with E-state index in [9.17, 15) is 13.5 Å². The lowest BCUT2D eigenvalue weighted by Crippen LogP contribution is -2.42. The number of aliphatic hydroxyl groups excluding tert-OH is 1. The monoisotopic (exact) mass is 524 g/mol. The maximum atomic E-state index is 12.6. The van der Waals surface area contributed by atoms with Gasteiger partial charge in [0.05, 0.1) is 27.9 Å². The molecule has 2 heterocycles. The minimum Gasteiger partial charge on any atom is -0.387 e. The van der Waals surface area contributed by atoms with Gasteiger partial charge in [0, 0.05) is 35.4 Å². The van der Waals surface area contributed by atoms with Gasteiger partial charge in [-0.3, -0.25) is 4.72 Å². The molecular weight excluding hydrogens is 492 g/mol. The van der Waals surface area contributed by atoms with E-state index >= 15 is 0 Å². The number of sulfonamides is 1. The van der Waals surface area contributed by atoms with Crippen LogP contribution in [0.1, 0.15) is 36.8 Å². The van der Waals surface area contributed by atoms with Gasteiger partial charge in [0.2, 0.25) is 0 Å². The van der Waals surface area contributed by atoms with E-state index in [-0.39, 0.29) is 10.4 Å². The highest BCUT2D eigenvalue weighted by atomic mass is 32.2. The molecule has 36 heavy (non-hydrogen) atoms. The first-order valence-electron chi connectivity index (χ1n) is 11.8. The lowest BCUT2D eigenvalue weighted by atomic mass is 9.99. The zero-order valence-corrected chi connectivity index (χ0v) is 22.3. The highest BCUT2D eigenvalue weighted by Gasteiger charge is 2.20. The summed E-state index contributed by atoms with van der Waals surface area (Å²) in [5.74, 6) is 0. The van der Waals surface area contributed by atoms with Gasteiger partial charge in [0.25, 0.3) is 10.0 Å². The summed E-state index contributed by atoms with van der Waals surface area (Å²) in [6, 6.07) is 19.3. The number of benzene rings is 2. The Morgan fingerprint density at radius 2 is 1.86 bits per heavy atom. The molecule has 0 bridgehead atoms. The highest BCUT2D eigenvalue weighted by molar-refractivity contribution is 7.92. The van der Waals surface area contributed by atoms with E-state index in [1.807, 2.05) is 6.33 Å². The third-order valence-corrected chi connectivity index (χ3v) is 8.39. The van der Waals surface area contributed by atoms with E-state index in [0.717, 1.165) is 18.7 Å². The van der Waals surface area contributed by atoms with Gasteiger partial charge in [-0.05, 0) is 69.2 Å². The van der Waals surface area contributed by atoms with Crippen molar-refractivity contribution in [2.24, 2.45) is 0 Å². The number of aliphatic hydroxyl groups is 1. The summed E-state index contributed by atoms with van der Waals surface area (Å²) in [5.41, 5.74) is 1.80. The van der Waals surface area contributed by atoms with Crippen LogP contribution in [0.5, 0.6) is 0 Å². The Kier molecular flexibility index (Phi) is 7.94. The first kappa shape index (κ1) is 26.1. The minimum absolute atomic E-state index is 0.190. The first-order valence-corrected chi connectivity index (χ1v) is 14.1. The van der Waals surface area contributed by atoms with Crippen LogP contribution >= 0.6 is 11.3 Å². The Morgan fingerprint density at radius 1 is 1.08 bits per heavy atom. The van der Waals surface area contributed by atoms with Crippen molar-refractivity contribution in [1.82, 2.24) is 14.9 Å². The van der Waals surface area contributed by atoms with Crippen LogP contribution in [0, 0.1) is 6.92 Å². The third kappa shape index (κ3) is 6.82. The molecule has 1 atom stereocenters. The summed E-state index contributed by atoms with van der Waals surface area (Å²) in [5, 5.41) is 14.2. The molecule has 2 aromatic heterocycles. The van der Waals surface area contributed by atoms with E-state index in [1.54, 1.807) is 65.9 Å². The van der Waals surface area contributed by atoms with Gasteiger partial charge in [0.1, 0.15) is 0 Å². The molecule has 0 spiro atoms. The van der Waals surface area contributed by atoms with Crippen LogP contribution in [0.2, 0.25) is 0 Å². The van der Waals surface area contributed by atoms with Gasteiger partial charge in [-0.2, -0.15) is 0 Å². The van der Waals surface area contributed by atoms with Gasteiger partial charge in [0.15, 0.2) is 0 Å². The van der Waals surface area contributed by atoms with Crippen LogP contribution in [0.25, 0.3) is 10.6 Å². The average molecular weight is 525 g/mol. The molecule has 4 rings (SSSR count). The predicted octanol–water partition coefficient (Wildman–Crippen LogP) is 5.21. The van der Waals surface area contributed by atoms with Gasteiger partial charge < -0.3 is 15.0 Å². The zero-order chi connectivity index (χ0) is 25.8. The van der Waals surface area contributed by atoms with Crippen LogP contribution in [0.3, 0.4) is 0 Å². The molecule has 0 saturated heterocycles. The smallest absolute Gasteiger partial charge is 0.261 e. The van der Waals surface area contributed by atoms with Crippen molar-refractivity contribution in [3.05, 3.63) is 89.7 Å². The van der Waals surface area contributed by atoms with Gasteiger partial charge >= 0.3 is 0 Å². The summed E-state index contributed by atoms with van der Waals surface area (Å²) in [4.78, 5) is 7.15. The fourth-order valence-corrected chi connectivity index (χ4v) is 5.69. The molecule has 0 aliphatic rings. The van der Waals surface area contributed by atoms with Crippen molar-refractivity contribution in [2.45, 2.75) is 50.3 Å². The molecule has 190 valence electrons. The summed E-state index contributed by atoms with van der Waals surface area (Å²) >= 11 is 1.74. The molecule has 0 amide bonds. The summed E-state index contributed by atoms with van der Waals surface area (Å²) < 4.78 is 29.9. The molecule has 0 aliphatic heterocycles. The molecule has 0 radical (unpaired) electrons. The predicted molar refractivity (Wildman–Crippen MR) is 146 cm³/mol. The SMILES string of the molecule is Cc1ccc(-c2cn(CCC(C)(C)NCC(O)c3cccc(NS(=O)(=O)c4ccccc4)c3)cn2)s1. The minimum atomic E-state index is -3.69. The standard InChI is InChI=1S/C27H32N4O3S2/c1-20-12-13-26(35-20)24-18-31(19-28-24)15-14-27(2,3)29-17-25(32)21-8-7-9-22(16-21)30-36(33,34)23-10-5-4-6-11-23/h4-13,16,18-19,25,29-30,32H,14-15,17H2,1-3H3. The third-order valence-electron chi connectivity index (χ3n) is 5.97. The normalized spacial score (nSPS) is 13.0. The fourth-order valence-electron chi connectivity index (χ4n) is 3.79. The van der Waals surface area contributed by atoms with Crippen molar-refractivity contribution < 1.29 is 13.5 Å². The van der Waals surface area contributed by atoms with E-state index in [2.05, 4.69) is 58.7 Å². The van der Waals surface area contributed by atoms with Crippen molar-refractivity contribution >= 4 is 27.0 Å². The topological polar surface area (TPSA) is 96.2 Å². The van der Waals surface area contributed by atoms with Gasteiger partial charge in [-0.15, -0.1) is 11.3 Å². The van der Waals surface area contributed by atoms with Crippen LogP contribution in [0.4, 0.5) is 5.69 Å². The van der Waals surface area contributed by atoms with E-state index < -0.39 is 16.1 Å². The second kappa shape index (κ2) is 11.0. The maximum absolute atomic E-state index is 12.6. The number of thiophene rings is 1. The zero-order valence-electron chi connectivity index (χ0n) is 20.7. The second-order valence-corrected chi connectivity index (χ2v) is 12.5. The van der Waals surface area contributed by atoms with Crippen molar-refractivity contribution in [3.8, 4) is 10.6 Å². The Hall–Kier alpha value is -2.98. The number of aryl methyl sites for hydroxylation is 2. The number of β-amino-alcohol motifs (C(OH)–C–C–N with tert-alkyl or cyclic N) is 1. The number of anilines is 1. The van der Waals surface area contributed by atoms with Crippen LogP contribution in [-0.4, -0.2) is 35.2 Å². The fraction of sp³-hybridized carbons (Fsp3) is 0.296. The molecule has 1 unspecified atom stereocenters. The molecule has 9 heteroatoms. The second-order valence-electron chi connectivity index (χ2n) is 9.48. The largest absolute Gasteiger partial charge is 0.387 e. The summed E-state index contributed by atoms with van der Waals surface area (Å²) in [6.07, 6.45) is 3.98. The Balaban J connectivity index is 1.31. The summed E-state index contributed by atoms with van der Waals surface area (Å²) in [6.45, 7) is 7.43. The molecule has 4 aromatic rings. The molecule has 7 nitrogen and oxygen atoms in total.